The Morgan fingerprint density at radius 2 is 1.68 bits per heavy atom. The molecule has 0 atom stereocenters. The third-order valence-electron chi connectivity index (χ3n) is 6.05. The van der Waals surface area contributed by atoms with E-state index in [1.165, 1.54) is 19.3 Å². The lowest BCUT2D eigenvalue weighted by molar-refractivity contribution is 0.0303. The molecule has 0 N–H and O–H groups in total. The number of sulfonamides is 1. The van der Waals surface area contributed by atoms with Crippen LogP contribution in [0.2, 0.25) is 0 Å². The molecule has 3 aliphatic heterocycles. The highest BCUT2D eigenvalue weighted by Gasteiger charge is 2.33. The van der Waals surface area contributed by atoms with Crippen LogP contribution in [0.4, 0.5) is 0 Å². The zero-order valence-corrected chi connectivity index (χ0v) is 17.8. The van der Waals surface area contributed by atoms with Crippen LogP contribution in [0.15, 0.2) is 15.7 Å². The van der Waals surface area contributed by atoms with Gasteiger partial charge < -0.3 is 14.5 Å². The Bertz CT molecular complexity index is 775. The Kier molecular flexibility index (Phi) is 6.37. The molecule has 28 heavy (non-hydrogen) atoms. The predicted octanol–water partition coefficient (Wildman–Crippen LogP) is 1.86. The molecular weight excluding hydrogens is 398 g/mol. The largest absolute Gasteiger partial charge is 0.378 e. The molecule has 0 bridgehead atoms. The van der Waals surface area contributed by atoms with Gasteiger partial charge >= 0.3 is 0 Å². The summed E-state index contributed by atoms with van der Waals surface area (Å²) in [6.45, 7) is 5.61. The molecule has 1 amide bonds. The highest BCUT2D eigenvalue weighted by Crippen LogP contribution is 2.29. The van der Waals surface area contributed by atoms with Gasteiger partial charge in [-0.1, -0.05) is 6.42 Å². The van der Waals surface area contributed by atoms with E-state index in [9.17, 15) is 13.2 Å². The van der Waals surface area contributed by atoms with Crippen molar-refractivity contribution in [3.8, 4) is 0 Å². The molecule has 3 saturated heterocycles. The second kappa shape index (κ2) is 8.79. The second-order valence-corrected chi connectivity index (χ2v) is 10.9. The molecule has 0 aromatic carbocycles. The Morgan fingerprint density at radius 3 is 2.36 bits per heavy atom. The van der Waals surface area contributed by atoms with Crippen LogP contribution in [-0.4, -0.2) is 87.0 Å². The number of likely N-dealkylation sites (tertiary alicyclic amines) is 1. The molecule has 3 aliphatic rings. The van der Waals surface area contributed by atoms with Gasteiger partial charge in [0.2, 0.25) is 0 Å². The summed E-state index contributed by atoms with van der Waals surface area (Å²) in [7, 11) is -3.52. The van der Waals surface area contributed by atoms with Gasteiger partial charge in [-0.25, -0.2) is 8.42 Å². The van der Waals surface area contributed by atoms with E-state index >= 15 is 0 Å². The minimum Gasteiger partial charge on any atom is -0.378 e. The van der Waals surface area contributed by atoms with E-state index in [0.29, 0.717) is 51.0 Å². The molecule has 0 aliphatic carbocycles. The van der Waals surface area contributed by atoms with Crippen molar-refractivity contribution in [2.45, 2.75) is 42.4 Å². The van der Waals surface area contributed by atoms with E-state index in [1.54, 1.807) is 20.7 Å². The summed E-state index contributed by atoms with van der Waals surface area (Å²) in [5.74, 6) is -0.107. The average molecular weight is 428 g/mol. The molecule has 3 fully saturated rings. The molecule has 1 aromatic rings. The normalized spacial score (nSPS) is 23.8. The fourth-order valence-corrected chi connectivity index (χ4v) is 7.15. The number of ether oxygens (including phenoxy) is 1. The lowest BCUT2D eigenvalue weighted by Gasteiger charge is -2.39. The van der Waals surface area contributed by atoms with Crippen molar-refractivity contribution in [2.24, 2.45) is 0 Å². The van der Waals surface area contributed by atoms with Crippen LogP contribution in [-0.2, 0) is 14.8 Å². The standard InChI is InChI=1S/C19H29N3O4S2/c23-19(21-10-12-26-13-11-21)16-14-18(27-15-16)28(24,25)22-8-4-17(5-9-22)20-6-2-1-3-7-20/h14-15,17H,1-13H2. The summed E-state index contributed by atoms with van der Waals surface area (Å²) in [5.41, 5.74) is 0.466. The maximum absolute atomic E-state index is 13.1. The van der Waals surface area contributed by atoms with E-state index in [-0.39, 0.29) is 10.1 Å². The van der Waals surface area contributed by atoms with Gasteiger partial charge in [0, 0.05) is 37.6 Å². The average Bonchev–Trinajstić information content (AvgIpc) is 3.26. The number of rotatable bonds is 4. The first-order valence-corrected chi connectivity index (χ1v) is 12.6. The first kappa shape index (κ1) is 20.3. The number of carbonyl (C=O) groups is 1. The van der Waals surface area contributed by atoms with Crippen molar-refractivity contribution >= 4 is 27.3 Å². The summed E-state index contributed by atoms with van der Waals surface area (Å²) < 4.78 is 33.3. The SMILES string of the molecule is O=C(c1csc(S(=O)(=O)N2CCC(N3CCCCC3)CC2)c1)N1CCOCC1. The van der Waals surface area contributed by atoms with Crippen molar-refractivity contribution < 1.29 is 17.9 Å². The highest BCUT2D eigenvalue weighted by atomic mass is 32.2. The first-order chi connectivity index (χ1) is 13.6. The Labute approximate surface area is 171 Å². The van der Waals surface area contributed by atoms with Gasteiger partial charge in [-0.3, -0.25) is 4.79 Å². The number of nitrogens with zero attached hydrogens (tertiary/aromatic N) is 3. The summed E-state index contributed by atoms with van der Waals surface area (Å²) in [5, 5.41) is 1.67. The van der Waals surface area contributed by atoms with Gasteiger partial charge in [0.05, 0.1) is 18.8 Å². The number of thiophene rings is 1. The molecular formula is C19H29N3O4S2. The summed E-state index contributed by atoms with van der Waals surface area (Å²) in [6, 6.07) is 2.06. The third kappa shape index (κ3) is 4.28. The lowest BCUT2D eigenvalue weighted by Crippen LogP contribution is -2.48. The fourth-order valence-electron chi connectivity index (χ4n) is 4.37. The number of piperidine rings is 2. The van der Waals surface area contributed by atoms with Crippen LogP contribution in [0.25, 0.3) is 0 Å². The summed E-state index contributed by atoms with van der Waals surface area (Å²) >= 11 is 1.15. The Balaban J connectivity index is 1.38. The molecule has 4 heterocycles. The van der Waals surface area contributed by atoms with E-state index < -0.39 is 10.0 Å². The minimum absolute atomic E-state index is 0.107. The number of hydrogen-bond acceptors (Lipinski definition) is 6. The molecule has 0 radical (unpaired) electrons. The number of amides is 1. The molecule has 0 spiro atoms. The summed E-state index contributed by atoms with van der Waals surface area (Å²) in [6.07, 6.45) is 5.61. The van der Waals surface area contributed by atoms with Gasteiger partial charge in [-0.2, -0.15) is 4.31 Å². The van der Waals surface area contributed by atoms with Crippen LogP contribution in [0.1, 0.15) is 42.5 Å². The maximum Gasteiger partial charge on any atom is 0.254 e. The summed E-state index contributed by atoms with van der Waals surface area (Å²) in [4.78, 5) is 16.9. The minimum atomic E-state index is -3.52. The van der Waals surface area contributed by atoms with Crippen molar-refractivity contribution in [1.29, 1.82) is 0 Å². The molecule has 9 heteroatoms. The third-order valence-corrected chi connectivity index (χ3v) is 9.36. The Morgan fingerprint density at radius 1 is 1.00 bits per heavy atom. The molecule has 0 saturated carbocycles. The van der Waals surface area contributed by atoms with Gasteiger partial charge in [-0.05, 0) is 44.8 Å². The molecule has 1 aromatic heterocycles. The number of carbonyl (C=O) groups excluding carboxylic acids is 1. The number of hydrogen-bond donors (Lipinski definition) is 0. The van der Waals surface area contributed by atoms with Crippen molar-refractivity contribution in [3.05, 3.63) is 17.0 Å². The monoisotopic (exact) mass is 427 g/mol. The topological polar surface area (TPSA) is 70.2 Å². The van der Waals surface area contributed by atoms with Crippen LogP contribution in [0, 0.1) is 0 Å². The van der Waals surface area contributed by atoms with E-state index in [4.69, 9.17) is 4.74 Å². The second-order valence-electron chi connectivity index (χ2n) is 7.79. The lowest BCUT2D eigenvalue weighted by atomic mass is 10.0. The highest BCUT2D eigenvalue weighted by molar-refractivity contribution is 7.91. The van der Waals surface area contributed by atoms with Gasteiger partial charge in [-0.15, -0.1) is 11.3 Å². The van der Waals surface area contributed by atoms with E-state index in [1.807, 2.05) is 0 Å². The van der Waals surface area contributed by atoms with Crippen molar-refractivity contribution in [3.63, 3.8) is 0 Å². The van der Waals surface area contributed by atoms with Crippen LogP contribution < -0.4 is 0 Å². The fraction of sp³-hybridized carbons (Fsp3) is 0.737. The molecule has 0 unspecified atom stereocenters. The van der Waals surface area contributed by atoms with Crippen molar-refractivity contribution in [1.82, 2.24) is 14.1 Å². The van der Waals surface area contributed by atoms with E-state index in [2.05, 4.69) is 4.90 Å². The van der Waals surface area contributed by atoms with Gasteiger partial charge in [0.15, 0.2) is 0 Å². The van der Waals surface area contributed by atoms with E-state index in [0.717, 1.165) is 37.3 Å². The first-order valence-electron chi connectivity index (χ1n) is 10.3. The molecule has 7 nitrogen and oxygen atoms in total. The molecule has 156 valence electrons. The zero-order chi connectivity index (χ0) is 19.6. The van der Waals surface area contributed by atoms with Gasteiger partial charge in [0.1, 0.15) is 4.21 Å². The predicted molar refractivity (Wildman–Crippen MR) is 108 cm³/mol. The molecule has 4 rings (SSSR count). The maximum atomic E-state index is 13.1. The smallest absolute Gasteiger partial charge is 0.254 e. The zero-order valence-electron chi connectivity index (χ0n) is 16.2. The van der Waals surface area contributed by atoms with Gasteiger partial charge in [0.25, 0.3) is 15.9 Å². The van der Waals surface area contributed by atoms with Crippen LogP contribution in [0.3, 0.4) is 0 Å². The quantitative estimate of drug-likeness (QED) is 0.734. The number of morpholine rings is 1. The van der Waals surface area contributed by atoms with Crippen molar-refractivity contribution in [2.75, 3.05) is 52.5 Å². The van der Waals surface area contributed by atoms with Crippen LogP contribution >= 0.6 is 11.3 Å². The van der Waals surface area contributed by atoms with Crippen LogP contribution in [0.5, 0.6) is 0 Å². The Hall–Kier alpha value is -1.00.